The lowest BCUT2D eigenvalue weighted by Gasteiger charge is -2.31. The average molecular weight is 327 g/mol. The van der Waals surface area contributed by atoms with E-state index < -0.39 is 5.92 Å². The van der Waals surface area contributed by atoms with Gasteiger partial charge in [-0.15, -0.1) is 0 Å². The van der Waals surface area contributed by atoms with Gasteiger partial charge in [0.25, 0.3) is 0 Å². The van der Waals surface area contributed by atoms with Crippen molar-refractivity contribution in [1.29, 1.82) is 0 Å². The second-order valence-electron chi connectivity index (χ2n) is 5.95. The molecule has 5 nitrogen and oxygen atoms in total. The van der Waals surface area contributed by atoms with Crippen LogP contribution in [0.1, 0.15) is 38.8 Å². The van der Waals surface area contributed by atoms with Crippen LogP contribution < -0.4 is 4.90 Å². The fraction of sp³-hybridized carbons (Fsp3) is 0.688. The Balaban J connectivity index is 1.92. The van der Waals surface area contributed by atoms with Crippen LogP contribution in [0.15, 0.2) is 12.4 Å². The number of hydrogen-bond donors (Lipinski definition) is 0. The van der Waals surface area contributed by atoms with E-state index in [-0.39, 0.29) is 24.7 Å². The van der Waals surface area contributed by atoms with E-state index in [1.165, 1.54) is 6.20 Å². The van der Waals surface area contributed by atoms with Crippen molar-refractivity contribution < 1.29 is 18.3 Å². The average Bonchev–Trinajstić information content (AvgIpc) is 2.53. The molecule has 0 saturated carbocycles. The first kappa shape index (κ1) is 17.6. The maximum Gasteiger partial charge on any atom is 0.309 e. The molecule has 1 aliphatic rings. The van der Waals surface area contributed by atoms with Gasteiger partial charge in [0, 0.05) is 25.7 Å². The highest BCUT2D eigenvalue weighted by atomic mass is 19.3. The van der Waals surface area contributed by atoms with Crippen LogP contribution in [-0.2, 0) is 16.0 Å². The Bertz CT molecular complexity index is 526. The number of hydrogen-bond acceptors (Lipinski definition) is 5. The summed E-state index contributed by atoms with van der Waals surface area (Å²) in [6.07, 6.45) is 4.54. The zero-order chi connectivity index (χ0) is 16.9. The molecule has 1 aromatic rings. The largest absolute Gasteiger partial charge is 0.466 e. The molecular formula is C16H23F2N3O2. The number of rotatable bonds is 6. The lowest BCUT2D eigenvalue weighted by atomic mass is 9.97. The Kier molecular flexibility index (Phi) is 5.85. The standard InChI is InChI=1S/C16H23F2N3O2/c1-3-23-15(22)12-5-8-21(9-6-12)14-11-19-10-13(20-14)4-7-16(2,17)18/h10-12H,3-9H2,1-2H3. The second-order valence-corrected chi connectivity index (χ2v) is 5.95. The summed E-state index contributed by atoms with van der Waals surface area (Å²) in [6, 6.07) is 0. The van der Waals surface area contributed by atoms with Crippen LogP contribution in [0.4, 0.5) is 14.6 Å². The quantitative estimate of drug-likeness (QED) is 0.752. The number of carbonyl (C=O) groups excluding carboxylic acids is 1. The van der Waals surface area contributed by atoms with Crippen LogP contribution in [0.2, 0.25) is 0 Å². The third kappa shape index (κ3) is 5.41. The van der Waals surface area contributed by atoms with Crippen LogP contribution in [0.3, 0.4) is 0 Å². The van der Waals surface area contributed by atoms with Crippen LogP contribution >= 0.6 is 0 Å². The Hall–Kier alpha value is -1.79. The number of anilines is 1. The number of aromatic nitrogens is 2. The number of halogens is 2. The third-order valence-electron chi connectivity index (χ3n) is 3.93. The minimum Gasteiger partial charge on any atom is -0.466 e. The van der Waals surface area contributed by atoms with Gasteiger partial charge < -0.3 is 9.64 Å². The Morgan fingerprint density at radius 2 is 2.09 bits per heavy atom. The van der Waals surface area contributed by atoms with Gasteiger partial charge in [0.1, 0.15) is 5.82 Å². The first-order valence-corrected chi connectivity index (χ1v) is 7.99. The molecule has 0 bridgehead atoms. The monoisotopic (exact) mass is 327 g/mol. The first-order valence-electron chi connectivity index (χ1n) is 7.99. The van der Waals surface area contributed by atoms with Gasteiger partial charge in [-0.3, -0.25) is 9.78 Å². The van der Waals surface area contributed by atoms with Crippen molar-refractivity contribution in [3.8, 4) is 0 Å². The van der Waals surface area contributed by atoms with E-state index in [0.29, 0.717) is 44.0 Å². The summed E-state index contributed by atoms with van der Waals surface area (Å²) in [5.74, 6) is -2.22. The van der Waals surface area contributed by atoms with E-state index in [0.717, 1.165) is 6.92 Å². The molecule has 128 valence electrons. The van der Waals surface area contributed by atoms with Crippen molar-refractivity contribution in [1.82, 2.24) is 9.97 Å². The van der Waals surface area contributed by atoms with Gasteiger partial charge in [-0.25, -0.2) is 13.8 Å². The van der Waals surface area contributed by atoms with Gasteiger partial charge in [0.15, 0.2) is 0 Å². The molecule has 0 unspecified atom stereocenters. The molecule has 0 spiro atoms. The van der Waals surface area contributed by atoms with Crippen molar-refractivity contribution in [3.05, 3.63) is 18.1 Å². The van der Waals surface area contributed by atoms with Gasteiger partial charge in [0.05, 0.1) is 24.4 Å². The summed E-state index contributed by atoms with van der Waals surface area (Å²) in [4.78, 5) is 22.3. The van der Waals surface area contributed by atoms with Gasteiger partial charge in [0.2, 0.25) is 5.92 Å². The van der Waals surface area contributed by atoms with Crippen LogP contribution in [-0.4, -0.2) is 41.6 Å². The summed E-state index contributed by atoms with van der Waals surface area (Å²) in [6.45, 7) is 4.48. The molecule has 1 aromatic heterocycles. The highest BCUT2D eigenvalue weighted by Gasteiger charge is 2.27. The topological polar surface area (TPSA) is 55.3 Å². The van der Waals surface area contributed by atoms with Crippen molar-refractivity contribution in [2.24, 2.45) is 5.92 Å². The lowest BCUT2D eigenvalue weighted by molar-refractivity contribution is -0.148. The van der Waals surface area contributed by atoms with Crippen LogP contribution in [0.5, 0.6) is 0 Å². The summed E-state index contributed by atoms with van der Waals surface area (Å²) in [5.41, 5.74) is 0.566. The normalized spacial score (nSPS) is 16.4. The summed E-state index contributed by atoms with van der Waals surface area (Å²) >= 11 is 0. The molecule has 23 heavy (non-hydrogen) atoms. The van der Waals surface area contributed by atoms with Crippen molar-refractivity contribution in [2.45, 2.75) is 45.5 Å². The fourth-order valence-electron chi connectivity index (χ4n) is 2.62. The van der Waals surface area contributed by atoms with Gasteiger partial charge >= 0.3 is 5.97 Å². The number of nitrogens with zero attached hydrogens (tertiary/aromatic N) is 3. The Morgan fingerprint density at radius 1 is 1.39 bits per heavy atom. The van der Waals surface area contributed by atoms with E-state index in [1.54, 1.807) is 13.1 Å². The van der Waals surface area contributed by atoms with Crippen molar-refractivity contribution >= 4 is 11.8 Å². The zero-order valence-electron chi connectivity index (χ0n) is 13.6. The number of alkyl halides is 2. The molecular weight excluding hydrogens is 304 g/mol. The molecule has 1 aliphatic heterocycles. The number of piperidine rings is 1. The van der Waals surface area contributed by atoms with Crippen molar-refractivity contribution in [3.63, 3.8) is 0 Å². The van der Waals surface area contributed by atoms with E-state index in [1.807, 2.05) is 4.90 Å². The molecule has 0 aliphatic carbocycles. The van der Waals surface area contributed by atoms with E-state index >= 15 is 0 Å². The number of aryl methyl sites for hydroxylation is 1. The van der Waals surface area contributed by atoms with Crippen LogP contribution in [0, 0.1) is 5.92 Å². The summed E-state index contributed by atoms with van der Waals surface area (Å²) in [5, 5.41) is 0. The molecule has 0 N–H and O–H groups in total. The highest BCUT2D eigenvalue weighted by molar-refractivity contribution is 5.72. The second kappa shape index (κ2) is 7.66. The molecule has 2 rings (SSSR count). The molecule has 0 radical (unpaired) electrons. The predicted octanol–water partition coefficient (Wildman–Crippen LogP) is 2.84. The Labute approximate surface area is 135 Å². The molecule has 0 amide bonds. The Morgan fingerprint density at radius 3 is 2.70 bits per heavy atom. The number of esters is 1. The minimum absolute atomic E-state index is 0.0684. The SMILES string of the molecule is CCOC(=O)C1CCN(c2cncc(CCC(C)(F)F)n2)CC1. The minimum atomic E-state index is -2.70. The molecule has 7 heteroatoms. The summed E-state index contributed by atoms with van der Waals surface area (Å²) < 4.78 is 30.9. The third-order valence-corrected chi connectivity index (χ3v) is 3.93. The lowest BCUT2D eigenvalue weighted by Crippen LogP contribution is -2.37. The summed E-state index contributed by atoms with van der Waals surface area (Å²) in [7, 11) is 0. The molecule has 0 aromatic carbocycles. The molecule has 2 heterocycles. The fourth-order valence-corrected chi connectivity index (χ4v) is 2.62. The predicted molar refractivity (Wildman–Crippen MR) is 82.5 cm³/mol. The first-order chi connectivity index (χ1) is 10.9. The van der Waals surface area contributed by atoms with E-state index in [2.05, 4.69) is 9.97 Å². The van der Waals surface area contributed by atoms with Gasteiger partial charge in [-0.2, -0.15) is 0 Å². The zero-order valence-corrected chi connectivity index (χ0v) is 13.6. The van der Waals surface area contributed by atoms with E-state index in [4.69, 9.17) is 4.74 Å². The van der Waals surface area contributed by atoms with Gasteiger partial charge in [-0.05, 0) is 33.1 Å². The van der Waals surface area contributed by atoms with Crippen LogP contribution in [0.25, 0.3) is 0 Å². The smallest absolute Gasteiger partial charge is 0.309 e. The van der Waals surface area contributed by atoms with Gasteiger partial charge in [-0.1, -0.05) is 0 Å². The maximum absolute atomic E-state index is 12.9. The van der Waals surface area contributed by atoms with Crippen molar-refractivity contribution in [2.75, 3.05) is 24.6 Å². The highest BCUT2D eigenvalue weighted by Crippen LogP contribution is 2.23. The maximum atomic E-state index is 12.9. The molecule has 1 saturated heterocycles. The number of carbonyl (C=O) groups is 1. The number of ether oxygens (including phenoxy) is 1. The molecule has 0 atom stereocenters. The molecule has 1 fully saturated rings. The van der Waals surface area contributed by atoms with E-state index in [9.17, 15) is 13.6 Å².